The van der Waals surface area contributed by atoms with Crippen molar-refractivity contribution in [1.29, 1.82) is 0 Å². The summed E-state index contributed by atoms with van der Waals surface area (Å²) in [5.74, 6) is -0.834. The quantitative estimate of drug-likeness (QED) is 0.902. The predicted octanol–water partition coefficient (Wildman–Crippen LogP) is 3.19. The van der Waals surface area contributed by atoms with Crippen LogP contribution in [0.25, 0.3) is 0 Å². The van der Waals surface area contributed by atoms with Crippen LogP contribution in [0.15, 0.2) is 42.5 Å². The summed E-state index contributed by atoms with van der Waals surface area (Å²) >= 11 is 5.96. The molecule has 0 aliphatic carbocycles. The van der Waals surface area contributed by atoms with Gasteiger partial charge in [0.25, 0.3) is 0 Å². The summed E-state index contributed by atoms with van der Waals surface area (Å²) in [7, 11) is 0. The second kappa shape index (κ2) is 5.71. The topological polar surface area (TPSA) is 55.1 Å². The normalized spacial score (nSPS) is 10.2. The number of hydrogen-bond acceptors (Lipinski definition) is 2. The molecule has 3 N–H and O–H groups in total. The molecule has 98 valence electrons. The Hall–Kier alpha value is -2.07. The van der Waals surface area contributed by atoms with Crippen molar-refractivity contribution in [1.82, 2.24) is 0 Å². The number of carbonyl (C=O) groups is 1. The molecule has 0 aromatic heterocycles. The van der Waals surface area contributed by atoms with Crippen LogP contribution in [0.5, 0.6) is 0 Å². The summed E-state index contributed by atoms with van der Waals surface area (Å²) in [6.07, 6.45) is 0. The number of nitrogens with one attached hydrogen (secondary N) is 1. The van der Waals surface area contributed by atoms with E-state index < -0.39 is 5.91 Å². The first-order valence-electron chi connectivity index (χ1n) is 5.64. The van der Waals surface area contributed by atoms with Gasteiger partial charge < -0.3 is 11.1 Å². The summed E-state index contributed by atoms with van der Waals surface area (Å²) < 4.78 is 13.1. The Labute approximate surface area is 115 Å². The third-order valence-electron chi connectivity index (χ3n) is 2.64. The molecule has 1 amide bonds. The molecule has 0 saturated heterocycles. The Kier molecular flexibility index (Phi) is 4.02. The van der Waals surface area contributed by atoms with Crippen molar-refractivity contribution in [2.24, 2.45) is 5.73 Å². The third kappa shape index (κ3) is 3.45. The highest BCUT2D eigenvalue weighted by molar-refractivity contribution is 6.31. The number of carbonyl (C=O) groups excluding carboxylic acids is 1. The largest absolute Gasteiger partial charge is 0.381 e. The van der Waals surface area contributed by atoms with Gasteiger partial charge in [0.05, 0.1) is 0 Å². The Bertz CT molecular complexity index is 616. The Morgan fingerprint density at radius 3 is 2.79 bits per heavy atom. The molecule has 2 aromatic carbocycles. The van der Waals surface area contributed by atoms with Gasteiger partial charge in [-0.25, -0.2) is 4.39 Å². The molecule has 5 heteroatoms. The number of nitrogens with two attached hydrogens (primary N) is 1. The minimum Gasteiger partial charge on any atom is -0.381 e. The van der Waals surface area contributed by atoms with Crippen LogP contribution in [0.4, 0.5) is 10.1 Å². The number of anilines is 1. The van der Waals surface area contributed by atoms with E-state index in [1.807, 2.05) is 0 Å². The number of primary amides is 1. The number of amides is 1. The van der Waals surface area contributed by atoms with E-state index in [9.17, 15) is 9.18 Å². The van der Waals surface area contributed by atoms with Gasteiger partial charge >= 0.3 is 0 Å². The average Bonchev–Trinajstić information content (AvgIpc) is 2.40. The number of rotatable bonds is 4. The lowest BCUT2D eigenvalue weighted by Crippen LogP contribution is -2.11. The van der Waals surface area contributed by atoms with E-state index in [0.717, 1.165) is 5.69 Å². The number of hydrogen-bond donors (Lipinski definition) is 2. The molecule has 0 saturated carbocycles. The molecule has 0 radical (unpaired) electrons. The summed E-state index contributed by atoms with van der Waals surface area (Å²) in [5.41, 5.74) is 6.97. The predicted molar refractivity (Wildman–Crippen MR) is 73.7 cm³/mol. The SMILES string of the molecule is NC(=O)c1cccc(NCc2cc(F)ccc2Cl)c1. The monoisotopic (exact) mass is 278 g/mol. The number of benzene rings is 2. The lowest BCUT2D eigenvalue weighted by Gasteiger charge is -2.09. The Morgan fingerprint density at radius 2 is 2.05 bits per heavy atom. The second-order valence-electron chi connectivity index (χ2n) is 4.03. The third-order valence-corrected chi connectivity index (χ3v) is 3.01. The van der Waals surface area contributed by atoms with E-state index in [1.165, 1.54) is 18.2 Å². The van der Waals surface area contributed by atoms with Gasteiger partial charge in [0.15, 0.2) is 0 Å². The first-order chi connectivity index (χ1) is 9.06. The summed E-state index contributed by atoms with van der Waals surface area (Å²) in [4.78, 5) is 11.0. The zero-order valence-corrected chi connectivity index (χ0v) is 10.7. The second-order valence-corrected chi connectivity index (χ2v) is 4.44. The van der Waals surface area contributed by atoms with Crippen molar-refractivity contribution >= 4 is 23.2 Å². The lowest BCUT2D eigenvalue weighted by molar-refractivity contribution is 0.100. The lowest BCUT2D eigenvalue weighted by atomic mass is 10.1. The fraction of sp³-hybridized carbons (Fsp3) is 0.0714. The van der Waals surface area contributed by atoms with E-state index in [0.29, 0.717) is 22.7 Å². The zero-order valence-electron chi connectivity index (χ0n) is 9.99. The summed E-state index contributed by atoms with van der Waals surface area (Å²) in [6.45, 7) is 0.360. The molecule has 0 heterocycles. The maximum absolute atomic E-state index is 13.1. The van der Waals surface area contributed by atoms with Crippen LogP contribution in [-0.2, 0) is 6.54 Å². The molecule has 0 spiro atoms. The van der Waals surface area contributed by atoms with Gasteiger partial charge in [0, 0.05) is 22.8 Å². The first-order valence-corrected chi connectivity index (χ1v) is 6.02. The van der Waals surface area contributed by atoms with Crippen molar-refractivity contribution < 1.29 is 9.18 Å². The molecule has 2 aromatic rings. The van der Waals surface area contributed by atoms with Crippen molar-refractivity contribution in [3.05, 3.63) is 64.4 Å². The minimum atomic E-state index is -0.493. The van der Waals surface area contributed by atoms with Crippen LogP contribution in [0.2, 0.25) is 5.02 Å². The Balaban J connectivity index is 2.12. The maximum atomic E-state index is 13.1. The highest BCUT2D eigenvalue weighted by Crippen LogP contribution is 2.19. The van der Waals surface area contributed by atoms with Gasteiger partial charge in [-0.2, -0.15) is 0 Å². The molecule has 0 aliphatic rings. The molecule has 0 aliphatic heterocycles. The van der Waals surface area contributed by atoms with Crippen LogP contribution >= 0.6 is 11.6 Å². The minimum absolute atomic E-state index is 0.341. The first kappa shape index (κ1) is 13.4. The van der Waals surface area contributed by atoms with E-state index >= 15 is 0 Å². The summed E-state index contributed by atoms with van der Waals surface area (Å²) in [6, 6.07) is 11.0. The van der Waals surface area contributed by atoms with Crippen LogP contribution in [-0.4, -0.2) is 5.91 Å². The van der Waals surface area contributed by atoms with Gasteiger partial charge in [-0.05, 0) is 42.0 Å². The van der Waals surface area contributed by atoms with Gasteiger partial charge in [-0.3, -0.25) is 4.79 Å². The standard InChI is InChI=1S/C14H12ClFN2O/c15-13-5-4-11(16)6-10(13)8-18-12-3-1-2-9(7-12)14(17)19/h1-7,18H,8H2,(H2,17,19). The van der Waals surface area contributed by atoms with Crippen LogP contribution in [0.3, 0.4) is 0 Å². The van der Waals surface area contributed by atoms with Crippen molar-refractivity contribution in [3.63, 3.8) is 0 Å². The molecular formula is C14H12ClFN2O. The highest BCUT2D eigenvalue weighted by Gasteiger charge is 2.04. The molecule has 2 rings (SSSR count). The van der Waals surface area contributed by atoms with E-state index in [4.69, 9.17) is 17.3 Å². The zero-order chi connectivity index (χ0) is 13.8. The van der Waals surface area contributed by atoms with Crippen LogP contribution in [0.1, 0.15) is 15.9 Å². The van der Waals surface area contributed by atoms with Crippen molar-refractivity contribution in [2.75, 3.05) is 5.32 Å². The van der Waals surface area contributed by atoms with Gasteiger partial charge in [0.1, 0.15) is 5.82 Å². The Morgan fingerprint density at radius 1 is 1.26 bits per heavy atom. The van der Waals surface area contributed by atoms with Crippen molar-refractivity contribution in [2.45, 2.75) is 6.54 Å². The highest BCUT2D eigenvalue weighted by atomic mass is 35.5. The van der Waals surface area contributed by atoms with Crippen molar-refractivity contribution in [3.8, 4) is 0 Å². The molecule has 0 bridgehead atoms. The maximum Gasteiger partial charge on any atom is 0.248 e. The van der Waals surface area contributed by atoms with E-state index in [1.54, 1.807) is 24.3 Å². The van der Waals surface area contributed by atoms with Gasteiger partial charge in [-0.15, -0.1) is 0 Å². The van der Waals surface area contributed by atoms with E-state index in [2.05, 4.69) is 5.32 Å². The molecule has 0 atom stereocenters. The number of halogens is 2. The smallest absolute Gasteiger partial charge is 0.248 e. The van der Waals surface area contributed by atoms with Crippen LogP contribution < -0.4 is 11.1 Å². The van der Waals surface area contributed by atoms with Crippen LogP contribution in [0, 0.1) is 5.82 Å². The van der Waals surface area contributed by atoms with Gasteiger partial charge in [-0.1, -0.05) is 17.7 Å². The molecule has 3 nitrogen and oxygen atoms in total. The fourth-order valence-corrected chi connectivity index (χ4v) is 1.84. The molecular weight excluding hydrogens is 267 g/mol. The molecule has 0 fully saturated rings. The van der Waals surface area contributed by atoms with E-state index in [-0.39, 0.29) is 5.82 Å². The average molecular weight is 279 g/mol. The fourth-order valence-electron chi connectivity index (χ4n) is 1.66. The molecule has 19 heavy (non-hydrogen) atoms. The van der Waals surface area contributed by atoms with Gasteiger partial charge in [0.2, 0.25) is 5.91 Å². The molecule has 0 unspecified atom stereocenters. The summed E-state index contributed by atoms with van der Waals surface area (Å²) in [5, 5.41) is 3.55.